The van der Waals surface area contributed by atoms with Crippen molar-refractivity contribution in [1.82, 2.24) is 5.32 Å². The molecular formula is C71H135NO4. The molecule has 3 atom stereocenters. The van der Waals surface area contributed by atoms with E-state index in [2.05, 4.69) is 55.6 Å². The van der Waals surface area contributed by atoms with Gasteiger partial charge in [0, 0.05) is 0 Å². The Hall–Kier alpha value is -1.69. The van der Waals surface area contributed by atoms with Crippen molar-refractivity contribution in [3.05, 3.63) is 48.6 Å². The van der Waals surface area contributed by atoms with Crippen LogP contribution >= 0.6 is 0 Å². The average Bonchev–Trinajstić information content (AvgIpc) is 3.42. The number of rotatable bonds is 64. The SMILES string of the molecule is CCCCCCCCCCCCCCCCC/C=C\C/C=C\CCCCCCCCCCCCCCCCCCC(O)C(=O)NC(CO)C(O)/C=C/CC/C=C/CCCCCCCCCCCCCCCCCCCC. The predicted molar refractivity (Wildman–Crippen MR) is 337 cm³/mol. The molecule has 3 unspecified atom stereocenters. The standard InChI is InChI=1S/C71H135NO4/c1-3-5-7-9-11-13-15-17-19-21-23-25-27-29-30-31-32-33-34-35-36-37-38-39-40-41-42-44-46-48-50-52-54-56-58-60-62-64-66-70(75)71(76)72-68(67-73)69(74)65-63-61-59-57-55-53-51-49-47-45-43-28-26-24-22-20-18-16-14-12-10-8-6-4-2/h32-33,35-36,55,57,63,65,68-70,73-75H,3-31,34,37-54,56,58-62,64,66-67H2,1-2H3,(H,72,76)/b33-32-,36-35-,57-55+,65-63+. The van der Waals surface area contributed by atoms with Gasteiger partial charge in [-0.3, -0.25) is 4.79 Å². The Morgan fingerprint density at radius 2 is 0.579 bits per heavy atom. The molecule has 0 fully saturated rings. The molecule has 0 saturated heterocycles. The Bertz CT molecular complexity index is 1230. The van der Waals surface area contributed by atoms with Gasteiger partial charge in [-0.25, -0.2) is 0 Å². The lowest BCUT2D eigenvalue weighted by atomic mass is 10.0. The number of hydrogen-bond donors (Lipinski definition) is 4. The zero-order valence-corrected chi connectivity index (χ0v) is 51.4. The highest BCUT2D eigenvalue weighted by molar-refractivity contribution is 5.80. The molecule has 0 saturated carbocycles. The van der Waals surface area contributed by atoms with Gasteiger partial charge in [0.15, 0.2) is 0 Å². The topological polar surface area (TPSA) is 89.8 Å². The van der Waals surface area contributed by atoms with Gasteiger partial charge in [-0.15, -0.1) is 0 Å². The number of allylic oxidation sites excluding steroid dienone is 7. The Labute approximate surface area is 476 Å². The van der Waals surface area contributed by atoms with Gasteiger partial charge in [-0.05, 0) is 64.2 Å². The van der Waals surface area contributed by atoms with E-state index in [-0.39, 0.29) is 6.61 Å². The molecule has 0 aliphatic carbocycles. The fraction of sp³-hybridized carbons (Fsp3) is 0.873. The summed E-state index contributed by atoms with van der Waals surface area (Å²) in [5.41, 5.74) is 0. The van der Waals surface area contributed by atoms with Crippen LogP contribution < -0.4 is 5.32 Å². The summed E-state index contributed by atoms with van der Waals surface area (Å²) in [6.45, 7) is 4.22. The Morgan fingerprint density at radius 3 is 0.882 bits per heavy atom. The first-order valence-corrected chi connectivity index (χ1v) is 34.5. The third-order valence-electron chi connectivity index (χ3n) is 16.1. The van der Waals surface area contributed by atoms with E-state index in [0.29, 0.717) is 6.42 Å². The summed E-state index contributed by atoms with van der Waals surface area (Å²) in [4.78, 5) is 12.6. The fourth-order valence-electron chi connectivity index (χ4n) is 10.8. The van der Waals surface area contributed by atoms with E-state index in [9.17, 15) is 20.1 Å². The average molecular weight is 1070 g/mol. The first kappa shape index (κ1) is 74.3. The van der Waals surface area contributed by atoms with Crippen LogP contribution in [-0.2, 0) is 4.79 Å². The molecule has 448 valence electrons. The summed E-state index contributed by atoms with van der Waals surface area (Å²) < 4.78 is 0. The number of nitrogens with one attached hydrogen (secondary N) is 1. The summed E-state index contributed by atoms with van der Waals surface area (Å²) in [6.07, 6.45) is 89.7. The molecular weight excluding hydrogens is 931 g/mol. The Balaban J connectivity index is 3.52. The van der Waals surface area contributed by atoms with Crippen LogP contribution in [0.4, 0.5) is 0 Å². The maximum atomic E-state index is 12.6. The molecule has 0 heterocycles. The van der Waals surface area contributed by atoms with Gasteiger partial charge in [0.2, 0.25) is 5.91 Å². The third-order valence-corrected chi connectivity index (χ3v) is 16.1. The first-order valence-electron chi connectivity index (χ1n) is 34.5. The zero-order chi connectivity index (χ0) is 55.0. The van der Waals surface area contributed by atoms with Gasteiger partial charge in [0.1, 0.15) is 6.10 Å². The minimum atomic E-state index is -1.11. The highest BCUT2D eigenvalue weighted by Crippen LogP contribution is 2.18. The second-order valence-electron chi connectivity index (χ2n) is 23.7. The lowest BCUT2D eigenvalue weighted by molar-refractivity contribution is -0.131. The third kappa shape index (κ3) is 60.0. The van der Waals surface area contributed by atoms with Crippen molar-refractivity contribution in [2.45, 2.75) is 392 Å². The molecule has 4 N–H and O–H groups in total. The van der Waals surface area contributed by atoms with E-state index < -0.39 is 24.2 Å². The van der Waals surface area contributed by atoms with E-state index in [1.165, 1.54) is 308 Å². The van der Waals surface area contributed by atoms with Crippen LogP contribution in [-0.4, -0.2) is 46.1 Å². The molecule has 0 aromatic carbocycles. The summed E-state index contributed by atoms with van der Waals surface area (Å²) in [6, 6.07) is -0.817. The van der Waals surface area contributed by atoms with Crippen molar-refractivity contribution in [2.75, 3.05) is 6.61 Å². The fourth-order valence-corrected chi connectivity index (χ4v) is 10.8. The maximum absolute atomic E-state index is 12.6. The van der Waals surface area contributed by atoms with Crippen molar-refractivity contribution in [3.8, 4) is 0 Å². The Morgan fingerprint density at radius 1 is 0.329 bits per heavy atom. The summed E-state index contributed by atoms with van der Waals surface area (Å²) in [5.74, 6) is -0.508. The number of hydrogen-bond acceptors (Lipinski definition) is 4. The molecule has 0 radical (unpaired) electrons. The molecule has 0 bridgehead atoms. The van der Waals surface area contributed by atoms with E-state index in [1.54, 1.807) is 6.08 Å². The number of aliphatic hydroxyl groups excluding tert-OH is 3. The van der Waals surface area contributed by atoms with Crippen LogP contribution in [0.5, 0.6) is 0 Å². The van der Waals surface area contributed by atoms with Crippen molar-refractivity contribution in [1.29, 1.82) is 0 Å². The van der Waals surface area contributed by atoms with Gasteiger partial charge in [-0.1, -0.05) is 358 Å². The van der Waals surface area contributed by atoms with Crippen LogP contribution in [0.15, 0.2) is 48.6 Å². The van der Waals surface area contributed by atoms with Crippen LogP contribution in [0, 0.1) is 0 Å². The number of aliphatic hydroxyl groups is 3. The van der Waals surface area contributed by atoms with Crippen molar-refractivity contribution >= 4 is 5.91 Å². The first-order chi connectivity index (χ1) is 37.6. The van der Waals surface area contributed by atoms with Crippen LogP contribution in [0.2, 0.25) is 0 Å². The van der Waals surface area contributed by atoms with Gasteiger partial charge in [0.25, 0.3) is 0 Å². The molecule has 0 aliphatic heterocycles. The predicted octanol–water partition coefficient (Wildman–Crippen LogP) is 22.3. The molecule has 0 aromatic heterocycles. The lowest BCUT2D eigenvalue weighted by Gasteiger charge is -2.21. The van der Waals surface area contributed by atoms with Crippen LogP contribution in [0.3, 0.4) is 0 Å². The van der Waals surface area contributed by atoms with Crippen molar-refractivity contribution < 1.29 is 20.1 Å². The summed E-state index contributed by atoms with van der Waals surface area (Å²) in [7, 11) is 0. The van der Waals surface area contributed by atoms with Crippen LogP contribution in [0.1, 0.15) is 373 Å². The van der Waals surface area contributed by atoms with Gasteiger partial charge in [-0.2, -0.15) is 0 Å². The second kappa shape index (κ2) is 65.8. The Kier molecular flexibility index (Phi) is 64.4. The van der Waals surface area contributed by atoms with Gasteiger partial charge in [0.05, 0.1) is 18.8 Å². The van der Waals surface area contributed by atoms with E-state index in [4.69, 9.17) is 0 Å². The normalized spacial score (nSPS) is 13.4. The maximum Gasteiger partial charge on any atom is 0.249 e. The van der Waals surface area contributed by atoms with E-state index in [0.717, 1.165) is 44.9 Å². The smallest absolute Gasteiger partial charge is 0.249 e. The quantitative estimate of drug-likeness (QED) is 0.0361. The molecule has 0 aliphatic rings. The highest BCUT2D eigenvalue weighted by Gasteiger charge is 2.22. The lowest BCUT2D eigenvalue weighted by Crippen LogP contribution is -2.48. The number of unbranched alkanes of at least 4 members (excludes halogenated alkanes) is 50. The molecule has 5 nitrogen and oxygen atoms in total. The number of carbonyl (C=O) groups excluding carboxylic acids is 1. The molecule has 1 amide bonds. The van der Waals surface area contributed by atoms with Crippen molar-refractivity contribution in [2.24, 2.45) is 0 Å². The summed E-state index contributed by atoms with van der Waals surface area (Å²) in [5, 5.41) is 33.5. The largest absolute Gasteiger partial charge is 0.394 e. The van der Waals surface area contributed by atoms with Gasteiger partial charge < -0.3 is 20.6 Å². The van der Waals surface area contributed by atoms with Gasteiger partial charge >= 0.3 is 0 Å². The number of amides is 1. The summed E-state index contributed by atoms with van der Waals surface area (Å²) >= 11 is 0. The van der Waals surface area contributed by atoms with E-state index in [1.807, 2.05) is 6.08 Å². The van der Waals surface area contributed by atoms with E-state index >= 15 is 0 Å². The minimum Gasteiger partial charge on any atom is -0.394 e. The second-order valence-corrected chi connectivity index (χ2v) is 23.7. The molecule has 5 heteroatoms. The van der Waals surface area contributed by atoms with Crippen LogP contribution in [0.25, 0.3) is 0 Å². The molecule has 0 rings (SSSR count). The number of carbonyl (C=O) groups is 1. The molecule has 0 aromatic rings. The minimum absolute atomic E-state index is 0.375. The monoisotopic (exact) mass is 1070 g/mol. The highest BCUT2D eigenvalue weighted by atomic mass is 16.3. The van der Waals surface area contributed by atoms with Crippen molar-refractivity contribution in [3.63, 3.8) is 0 Å². The molecule has 0 spiro atoms. The molecule has 76 heavy (non-hydrogen) atoms. The zero-order valence-electron chi connectivity index (χ0n) is 51.4.